The van der Waals surface area contributed by atoms with Gasteiger partial charge in [0.25, 0.3) is 0 Å². The maximum atomic E-state index is 11.6. The van der Waals surface area contributed by atoms with E-state index in [-0.39, 0.29) is 5.97 Å². The lowest BCUT2D eigenvalue weighted by atomic mass is 10.0. The number of anilines is 1. The highest BCUT2D eigenvalue weighted by Gasteiger charge is 2.22. The zero-order chi connectivity index (χ0) is 18.5. The summed E-state index contributed by atoms with van der Waals surface area (Å²) >= 11 is 0. The number of rotatable bonds is 6. The predicted molar refractivity (Wildman–Crippen MR) is 102 cm³/mol. The summed E-state index contributed by atoms with van der Waals surface area (Å²) in [4.78, 5) is 11.6. The van der Waals surface area contributed by atoms with Crippen LogP contribution in [0.3, 0.4) is 0 Å². The molecule has 0 atom stereocenters. The van der Waals surface area contributed by atoms with E-state index in [4.69, 9.17) is 10.5 Å². The van der Waals surface area contributed by atoms with Gasteiger partial charge in [0.1, 0.15) is 0 Å². The molecule has 0 radical (unpaired) electrons. The van der Waals surface area contributed by atoms with Gasteiger partial charge in [0.2, 0.25) is 5.69 Å². The smallest absolute Gasteiger partial charge is 0.306 e. The molecule has 0 amide bonds. The second kappa shape index (κ2) is 7.95. The van der Waals surface area contributed by atoms with Crippen molar-refractivity contribution in [3.05, 3.63) is 54.1 Å². The minimum atomic E-state index is -0.182. The quantitative estimate of drug-likeness (QED) is 0.546. The largest absolute Gasteiger partial charge is 0.466 e. The Kier molecular flexibility index (Phi) is 5.46. The van der Waals surface area contributed by atoms with E-state index in [1.54, 1.807) is 0 Å². The summed E-state index contributed by atoms with van der Waals surface area (Å²) in [6, 6.07) is 16.4. The van der Waals surface area contributed by atoms with Crippen LogP contribution in [0.25, 0.3) is 22.0 Å². The Morgan fingerprint density at radius 1 is 1.12 bits per heavy atom. The number of fused-ring (bicyclic) bond motifs is 1. The predicted octanol–water partition coefficient (Wildman–Crippen LogP) is 3.42. The van der Waals surface area contributed by atoms with Crippen molar-refractivity contribution in [3.63, 3.8) is 0 Å². The van der Waals surface area contributed by atoms with E-state index in [1.165, 1.54) is 5.56 Å². The molecule has 0 spiro atoms. The number of esters is 1. The Morgan fingerprint density at radius 3 is 2.50 bits per heavy atom. The van der Waals surface area contributed by atoms with E-state index < -0.39 is 0 Å². The molecule has 26 heavy (non-hydrogen) atoms. The van der Waals surface area contributed by atoms with Crippen molar-refractivity contribution in [1.29, 1.82) is 0 Å². The number of aromatic nitrogens is 2. The van der Waals surface area contributed by atoms with Crippen molar-refractivity contribution in [2.75, 3.05) is 12.3 Å². The Labute approximate surface area is 153 Å². The van der Waals surface area contributed by atoms with Gasteiger partial charge in [-0.05, 0) is 32.0 Å². The molecule has 0 saturated carbocycles. The van der Waals surface area contributed by atoms with Gasteiger partial charge >= 0.3 is 5.97 Å². The highest BCUT2D eigenvalue weighted by Crippen LogP contribution is 2.27. The van der Waals surface area contributed by atoms with Crippen LogP contribution in [0.1, 0.15) is 25.3 Å². The first-order valence-corrected chi connectivity index (χ1v) is 8.91. The number of carbonyl (C=O) groups excluding carboxylic acids is 1. The van der Waals surface area contributed by atoms with E-state index in [0.29, 0.717) is 31.8 Å². The highest BCUT2D eigenvalue weighted by molar-refractivity contribution is 5.98. The number of hydrogen-bond acceptors (Lipinski definition) is 4. The SMILES string of the molecule is CCOC(=O)CCC[n+]1nc(N)c2ccccc2c1-c1ccc(C)cc1. The summed E-state index contributed by atoms with van der Waals surface area (Å²) in [6.45, 7) is 4.88. The Hall–Kier alpha value is -2.95. The van der Waals surface area contributed by atoms with Gasteiger partial charge in [0.05, 0.1) is 18.4 Å². The second-order valence-corrected chi connectivity index (χ2v) is 6.28. The lowest BCUT2D eigenvalue weighted by Gasteiger charge is -2.08. The summed E-state index contributed by atoms with van der Waals surface area (Å²) in [5.74, 6) is 0.311. The molecule has 0 bridgehead atoms. The van der Waals surface area contributed by atoms with Crippen molar-refractivity contribution in [1.82, 2.24) is 5.10 Å². The van der Waals surface area contributed by atoms with Crippen molar-refractivity contribution < 1.29 is 14.2 Å². The zero-order valence-electron chi connectivity index (χ0n) is 15.2. The van der Waals surface area contributed by atoms with Crippen LogP contribution in [-0.2, 0) is 16.1 Å². The molecule has 2 aromatic carbocycles. The number of carbonyl (C=O) groups is 1. The van der Waals surface area contributed by atoms with Crippen LogP contribution in [0.4, 0.5) is 5.82 Å². The fourth-order valence-corrected chi connectivity index (χ4v) is 3.07. The molecule has 0 aliphatic rings. The summed E-state index contributed by atoms with van der Waals surface area (Å²) in [6.07, 6.45) is 1.01. The van der Waals surface area contributed by atoms with E-state index >= 15 is 0 Å². The molecule has 134 valence electrons. The molecule has 0 saturated heterocycles. The normalized spacial score (nSPS) is 10.8. The molecule has 0 aliphatic heterocycles. The lowest BCUT2D eigenvalue weighted by molar-refractivity contribution is -0.741. The average molecular weight is 350 g/mol. The summed E-state index contributed by atoms with van der Waals surface area (Å²) in [5.41, 5.74) is 9.48. The van der Waals surface area contributed by atoms with Crippen LogP contribution in [0.2, 0.25) is 0 Å². The fourth-order valence-electron chi connectivity index (χ4n) is 3.07. The minimum absolute atomic E-state index is 0.182. The van der Waals surface area contributed by atoms with Crippen LogP contribution >= 0.6 is 0 Å². The van der Waals surface area contributed by atoms with Crippen LogP contribution in [-0.4, -0.2) is 17.7 Å². The highest BCUT2D eigenvalue weighted by atomic mass is 16.5. The molecule has 1 aromatic heterocycles. The Morgan fingerprint density at radius 2 is 1.81 bits per heavy atom. The third-order valence-corrected chi connectivity index (χ3v) is 4.33. The molecule has 2 N–H and O–H groups in total. The van der Waals surface area contributed by atoms with Gasteiger partial charge in [0.15, 0.2) is 12.4 Å². The molecule has 3 aromatic rings. The molecular formula is C21H24N3O2+. The topological polar surface area (TPSA) is 69.1 Å². The minimum Gasteiger partial charge on any atom is -0.466 e. The van der Waals surface area contributed by atoms with Crippen LogP contribution in [0.15, 0.2) is 48.5 Å². The standard InChI is InChI=1S/C21H24N3O2/c1-3-26-19(25)9-6-14-24-20(16-12-10-15(2)11-13-16)17-7-4-5-8-18(17)21(22)23-24/h4-5,7-8,10-13H,3,6,9,14H2,1-2H3,(H2,22,23)/q+1. The molecule has 0 aliphatic carbocycles. The van der Waals surface area contributed by atoms with Crippen molar-refractivity contribution >= 4 is 22.6 Å². The average Bonchev–Trinajstić information content (AvgIpc) is 2.63. The molecule has 0 fully saturated rings. The molecule has 5 heteroatoms. The fraction of sp³-hybridized carbons (Fsp3) is 0.286. The molecule has 0 unspecified atom stereocenters. The van der Waals surface area contributed by atoms with E-state index in [2.05, 4.69) is 42.4 Å². The number of nitrogens with zero attached hydrogens (tertiary/aromatic N) is 2. The number of benzene rings is 2. The van der Waals surface area contributed by atoms with Gasteiger partial charge in [-0.2, -0.15) is 0 Å². The monoisotopic (exact) mass is 350 g/mol. The third kappa shape index (κ3) is 3.82. The number of nitrogens with two attached hydrogens (primary N) is 1. The lowest BCUT2D eigenvalue weighted by Crippen LogP contribution is -2.41. The third-order valence-electron chi connectivity index (χ3n) is 4.33. The van der Waals surface area contributed by atoms with Crippen LogP contribution in [0.5, 0.6) is 0 Å². The first kappa shape index (κ1) is 17.9. The first-order chi connectivity index (χ1) is 12.6. The van der Waals surface area contributed by atoms with Gasteiger partial charge in [-0.15, -0.1) is 0 Å². The van der Waals surface area contributed by atoms with Gasteiger partial charge in [-0.25, -0.2) is 0 Å². The Balaban J connectivity index is 2.02. The van der Waals surface area contributed by atoms with E-state index in [0.717, 1.165) is 22.0 Å². The van der Waals surface area contributed by atoms with Gasteiger partial charge in [-0.3, -0.25) is 4.79 Å². The van der Waals surface area contributed by atoms with Crippen molar-refractivity contribution in [2.45, 2.75) is 33.2 Å². The van der Waals surface area contributed by atoms with E-state index in [1.807, 2.05) is 29.8 Å². The van der Waals surface area contributed by atoms with Crippen molar-refractivity contribution in [3.8, 4) is 11.3 Å². The molecular weight excluding hydrogens is 326 g/mol. The zero-order valence-corrected chi connectivity index (χ0v) is 15.2. The van der Waals surface area contributed by atoms with Gasteiger partial charge in [-0.1, -0.05) is 40.6 Å². The summed E-state index contributed by atoms with van der Waals surface area (Å²) in [5, 5.41) is 6.58. The number of hydrogen-bond donors (Lipinski definition) is 1. The first-order valence-electron chi connectivity index (χ1n) is 8.91. The number of ether oxygens (including phenoxy) is 1. The van der Waals surface area contributed by atoms with E-state index in [9.17, 15) is 4.79 Å². The number of aryl methyl sites for hydroxylation is 2. The Bertz CT molecular complexity index is 920. The number of nitrogen functional groups attached to an aromatic ring is 1. The van der Waals surface area contributed by atoms with Crippen LogP contribution < -0.4 is 10.4 Å². The second-order valence-electron chi connectivity index (χ2n) is 6.28. The van der Waals surface area contributed by atoms with Crippen molar-refractivity contribution in [2.24, 2.45) is 0 Å². The van der Waals surface area contributed by atoms with Gasteiger partial charge < -0.3 is 10.5 Å². The molecule has 1 heterocycles. The summed E-state index contributed by atoms with van der Waals surface area (Å²) in [7, 11) is 0. The summed E-state index contributed by atoms with van der Waals surface area (Å²) < 4.78 is 6.91. The molecule has 3 rings (SSSR count). The molecule has 5 nitrogen and oxygen atoms in total. The van der Waals surface area contributed by atoms with Gasteiger partial charge in [0, 0.05) is 22.5 Å². The maximum Gasteiger partial charge on any atom is 0.306 e. The van der Waals surface area contributed by atoms with Crippen LogP contribution in [0, 0.1) is 6.92 Å². The maximum absolute atomic E-state index is 11.6.